The summed E-state index contributed by atoms with van der Waals surface area (Å²) in [6, 6.07) is 12.0. The number of hydrogen-bond donors (Lipinski definition) is 2. The summed E-state index contributed by atoms with van der Waals surface area (Å²) in [5, 5.41) is 8.11. The van der Waals surface area contributed by atoms with Crippen LogP contribution < -0.4 is 10.6 Å². The largest absolute Gasteiger partial charge is 0.326 e. The number of fused-ring (bicyclic) bond motifs is 1. The molecular formula is C14H15BrN2O. The molecule has 0 fully saturated rings. The van der Waals surface area contributed by atoms with E-state index in [1.54, 1.807) is 0 Å². The van der Waals surface area contributed by atoms with Crippen molar-refractivity contribution >= 4 is 38.3 Å². The van der Waals surface area contributed by atoms with Gasteiger partial charge < -0.3 is 10.6 Å². The Labute approximate surface area is 115 Å². The fourth-order valence-electron chi connectivity index (χ4n) is 1.76. The number of halogens is 1. The Morgan fingerprint density at radius 3 is 2.67 bits per heavy atom. The van der Waals surface area contributed by atoms with Crippen molar-refractivity contribution in [3.05, 3.63) is 40.9 Å². The molecule has 94 valence electrons. The quantitative estimate of drug-likeness (QED) is 0.911. The van der Waals surface area contributed by atoms with Gasteiger partial charge in [-0.2, -0.15) is 0 Å². The third-order valence-corrected chi connectivity index (χ3v) is 3.18. The summed E-state index contributed by atoms with van der Waals surface area (Å²) in [6.07, 6.45) is 0.481. The molecule has 0 aliphatic heterocycles. The number of rotatable bonds is 4. The van der Waals surface area contributed by atoms with Crippen LogP contribution in [0.1, 0.15) is 6.42 Å². The molecule has 1 amide bonds. The predicted molar refractivity (Wildman–Crippen MR) is 78.8 cm³/mol. The Kier molecular flexibility index (Phi) is 4.33. The summed E-state index contributed by atoms with van der Waals surface area (Å²) in [5.74, 6) is 0.0285. The lowest BCUT2D eigenvalue weighted by Crippen LogP contribution is -2.18. The van der Waals surface area contributed by atoms with Gasteiger partial charge in [-0.15, -0.1) is 0 Å². The van der Waals surface area contributed by atoms with E-state index >= 15 is 0 Å². The normalized spacial score (nSPS) is 10.6. The third-order valence-electron chi connectivity index (χ3n) is 2.69. The Hall–Kier alpha value is -1.39. The SMILES string of the molecule is CNCCC(=O)Nc1ccc2cc(Br)ccc2c1. The maximum atomic E-state index is 11.6. The number of anilines is 1. The van der Waals surface area contributed by atoms with Gasteiger partial charge in [0.2, 0.25) is 5.91 Å². The number of amides is 1. The molecule has 0 atom stereocenters. The average molecular weight is 307 g/mol. The van der Waals surface area contributed by atoms with Crippen molar-refractivity contribution in [3.8, 4) is 0 Å². The summed E-state index contributed by atoms with van der Waals surface area (Å²) in [4.78, 5) is 11.6. The third kappa shape index (κ3) is 3.31. The molecule has 0 aliphatic carbocycles. The Balaban J connectivity index is 2.15. The second-order valence-corrected chi connectivity index (χ2v) is 5.02. The molecule has 0 unspecified atom stereocenters. The minimum Gasteiger partial charge on any atom is -0.326 e. The maximum Gasteiger partial charge on any atom is 0.225 e. The monoisotopic (exact) mass is 306 g/mol. The fraction of sp³-hybridized carbons (Fsp3) is 0.214. The minimum atomic E-state index is 0.0285. The van der Waals surface area contributed by atoms with E-state index in [0.717, 1.165) is 20.9 Å². The summed E-state index contributed by atoms with van der Waals surface area (Å²) in [5.41, 5.74) is 0.839. The van der Waals surface area contributed by atoms with Crippen LogP contribution in [0.25, 0.3) is 10.8 Å². The summed E-state index contributed by atoms with van der Waals surface area (Å²) < 4.78 is 1.06. The van der Waals surface area contributed by atoms with Crippen molar-refractivity contribution in [3.63, 3.8) is 0 Å². The van der Waals surface area contributed by atoms with E-state index in [2.05, 4.69) is 32.6 Å². The molecule has 2 rings (SSSR count). The van der Waals surface area contributed by atoms with E-state index in [9.17, 15) is 4.79 Å². The van der Waals surface area contributed by atoms with Crippen molar-refractivity contribution in [1.82, 2.24) is 5.32 Å². The number of benzene rings is 2. The van der Waals surface area contributed by atoms with E-state index in [1.807, 2.05) is 37.4 Å². The molecule has 3 nitrogen and oxygen atoms in total. The van der Waals surface area contributed by atoms with Crippen molar-refractivity contribution in [2.45, 2.75) is 6.42 Å². The zero-order chi connectivity index (χ0) is 13.0. The molecule has 0 aromatic heterocycles. The molecule has 0 aliphatic rings. The molecule has 18 heavy (non-hydrogen) atoms. The van der Waals surface area contributed by atoms with Crippen LogP contribution in [0.15, 0.2) is 40.9 Å². The van der Waals surface area contributed by atoms with Crippen molar-refractivity contribution < 1.29 is 4.79 Å². The fourth-order valence-corrected chi connectivity index (χ4v) is 2.14. The van der Waals surface area contributed by atoms with Crippen molar-refractivity contribution in [2.75, 3.05) is 18.9 Å². The van der Waals surface area contributed by atoms with Crippen LogP contribution in [0.3, 0.4) is 0 Å². The molecule has 0 heterocycles. The van der Waals surface area contributed by atoms with Gasteiger partial charge >= 0.3 is 0 Å². The molecule has 2 N–H and O–H groups in total. The van der Waals surface area contributed by atoms with Crippen molar-refractivity contribution in [2.24, 2.45) is 0 Å². The highest BCUT2D eigenvalue weighted by Gasteiger charge is 2.02. The van der Waals surface area contributed by atoms with Crippen LogP contribution >= 0.6 is 15.9 Å². The molecule has 2 aromatic carbocycles. The Bertz CT molecular complexity index is 569. The number of carbonyl (C=O) groups is 1. The lowest BCUT2D eigenvalue weighted by atomic mass is 10.1. The first-order valence-corrected chi connectivity index (χ1v) is 6.62. The van der Waals surface area contributed by atoms with Gasteiger partial charge in [-0.1, -0.05) is 28.1 Å². The second kappa shape index (κ2) is 5.98. The van der Waals surface area contributed by atoms with Gasteiger partial charge in [-0.3, -0.25) is 4.79 Å². The van der Waals surface area contributed by atoms with Crippen LogP contribution in [0, 0.1) is 0 Å². The van der Waals surface area contributed by atoms with Gasteiger partial charge in [-0.25, -0.2) is 0 Å². The molecular weight excluding hydrogens is 292 g/mol. The van der Waals surface area contributed by atoms with Crippen LogP contribution in [-0.4, -0.2) is 19.5 Å². The van der Waals surface area contributed by atoms with Crippen LogP contribution in [0.5, 0.6) is 0 Å². The van der Waals surface area contributed by atoms with E-state index in [4.69, 9.17) is 0 Å². The summed E-state index contributed by atoms with van der Waals surface area (Å²) in [7, 11) is 1.83. The molecule has 4 heteroatoms. The standard InChI is InChI=1S/C14H15BrN2O/c1-16-7-6-14(18)17-13-5-3-10-8-12(15)4-2-11(10)9-13/h2-5,8-9,16H,6-7H2,1H3,(H,17,18). The number of nitrogens with one attached hydrogen (secondary N) is 2. The summed E-state index contributed by atoms with van der Waals surface area (Å²) >= 11 is 3.44. The number of carbonyl (C=O) groups excluding carboxylic acids is 1. The lowest BCUT2D eigenvalue weighted by molar-refractivity contribution is -0.116. The van der Waals surface area contributed by atoms with Crippen LogP contribution in [0.4, 0.5) is 5.69 Å². The first-order valence-electron chi connectivity index (χ1n) is 5.83. The minimum absolute atomic E-state index is 0.0285. The Morgan fingerprint density at radius 2 is 1.89 bits per heavy atom. The van der Waals surface area contributed by atoms with Gasteiger partial charge in [0.15, 0.2) is 0 Å². The Morgan fingerprint density at radius 1 is 1.17 bits per heavy atom. The average Bonchev–Trinajstić information content (AvgIpc) is 2.36. The smallest absolute Gasteiger partial charge is 0.225 e. The molecule has 0 radical (unpaired) electrons. The number of hydrogen-bond acceptors (Lipinski definition) is 2. The van der Waals surface area contributed by atoms with Crippen LogP contribution in [0.2, 0.25) is 0 Å². The predicted octanol–water partition coefficient (Wildman–Crippen LogP) is 3.15. The van der Waals surface area contributed by atoms with Gasteiger partial charge in [0.05, 0.1) is 0 Å². The lowest BCUT2D eigenvalue weighted by Gasteiger charge is -2.06. The van der Waals surface area contributed by atoms with E-state index < -0.39 is 0 Å². The highest BCUT2D eigenvalue weighted by Crippen LogP contribution is 2.22. The second-order valence-electron chi connectivity index (χ2n) is 4.11. The molecule has 0 bridgehead atoms. The molecule has 0 saturated carbocycles. The molecule has 0 saturated heterocycles. The zero-order valence-electron chi connectivity index (χ0n) is 10.2. The van der Waals surface area contributed by atoms with Gasteiger partial charge in [-0.05, 0) is 42.1 Å². The van der Waals surface area contributed by atoms with Gasteiger partial charge in [0, 0.05) is 23.1 Å². The van der Waals surface area contributed by atoms with E-state index in [1.165, 1.54) is 0 Å². The maximum absolute atomic E-state index is 11.6. The van der Waals surface area contributed by atoms with Gasteiger partial charge in [0.25, 0.3) is 0 Å². The van der Waals surface area contributed by atoms with E-state index in [-0.39, 0.29) is 5.91 Å². The first kappa shape index (κ1) is 13.1. The zero-order valence-corrected chi connectivity index (χ0v) is 11.8. The van der Waals surface area contributed by atoms with Gasteiger partial charge in [0.1, 0.15) is 0 Å². The highest BCUT2D eigenvalue weighted by atomic mass is 79.9. The highest BCUT2D eigenvalue weighted by molar-refractivity contribution is 9.10. The molecule has 2 aromatic rings. The molecule has 0 spiro atoms. The summed E-state index contributed by atoms with van der Waals surface area (Å²) in [6.45, 7) is 0.687. The topological polar surface area (TPSA) is 41.1 Å². The first-order chi connectivity index (χ1) is 8.69. The van der Waals surface area contributed by atoms with Crippen molar-refractivity contribution in [1.29, 1.82) is 0 Å². The van der Waals surface area contributed by atoms with E-state index in [0.29, 0.717) is 13.0 Å². The van der Waals surface area contributed by atoms with Crippen LogP contribution in [-0.2, 0) is 4.79 Å².